The highest BCUT2D eigenvalue weighted by Crippen LogP contribution is 2.17. The summed E-state index contributed by atoms with van der Waals surface area (Å²) in [5.41, 5.74) is -0.467. The van der Waals surface area contributed by atoms with E-state index in [0.29, 0.717) is 13.1 Å². The summed E-state index contributed by atoms with van der Waals surface area (Å²) in [6.07, 6.45) is 1.31. The predicted molar refractivity (Wildman–Crippen MR) is 60.0 cm³/mol. The number of rotatable bonds is 2. The number of hydrogen-bond donors (Lipinski definition) is 0. The first-order valence-electron chi connectivity index (χ1n) is 5.48. The summed E-state index contributed by atoms with van der Waals surface area (Å²) in [7, 11) is 1.73. The number of likely N-dealkylation sites (N-methyl/N-ethyl adjacent to an activating group) is 1. The highest BCUT2D eigenvalue weighted by molar-refractivity contribution is 5.68. The minimum absolute atomic E-state index is 0.116. The van der Waals surface area contributed by atoms with Gasteiger partial charge in [0.15, 0.2) is 0 Å². The van der Waals surface area contributed by atoms with Gasteiger partial charge in [0.05, 0.1) is 6.04 Å². The van der Waals surface area contributed by atoms with E-state index in [0.717, 1.165) is 12.8 Å². The van der Waals surface area contributed by atoms with Crippen LogP contribution in [-0.4, -0.2) is 54.1 Å². The Labute approximate surface area is 96.3 Å². The van der Waals surface area contributed by atoms with Crippen LogP contribution in [-0.2, 0) is 9.53 Å². The van der Waals surface area contributed by atoms with Crippen LogP contribution in [0.1, 0.15) is 27.2 Å². The first-order valence-corrected chi connectivity index (χ1v) is 5.48. The maximum Gasteiger partial charge on any atom is 0.410 e. The largest absolute Gasteiger partial charge is 0.444 e. The number of amides is 2. The maximum atomic E-state index is 11.7. The van der Waals surface area contributed by atoms with Crippen molar-refractivity contribution in [3.63, 3.8) is 0 Å². The fourth-order valence-electron chi connectivity index (χ4n) is 1.65. The molecule has 1 rings (SSSR count). The van der Waals surface area contributed by atoms with Gasteiger partial charge in [0.25, 0.3) is 0 Å². The maximum absolute atomic E-state index is 11.7. The summed E-state index contributed by atoms with van der Waals surface area (Å²) in [5, 5.41) is 0. The van der Waals surface area contributed by atoms with Gasteiger partial charge >= 0.3 is 6.09 Å². The van der Waals surface area contributed by atoms with Crippen molar-refractivity contribution in [2.24, 2.45) is 0 Å². The van der Waals surface area contributed by atoms with E-state index in [1.54, 1.807) is 16.8 Å². The molecule has 1 aliphatic rings. The molecule has 2 amide bonds. The van der Waals surface area contributed by atoms with Gasteiger partial charge in [0.1, 0.15) is 5.60 Å². The smallest absolute Gasteiger partial charge is 0.410 e. The minimum atomic E-state index is -0.467. The van der Waals surface area contributed by atoms with Crippen molar-refractivity contribution in [3.05, 3.63) is 0 Å². The molecule has 0 saturated carbocycles. The average molecular weight is 228 g/mol. The number of ether oxygens (including phenoxy) is 1. The molecule has 0 aromatic heterocycles. The third-order valence-electron chi connectivity index (χ3n) is 2.56. The molecule has 92 valence electrons. The molecule has 0 aliphatic carbocycles. The molecule has 0 spiro atoms. The fraction of sp³-hybridized carbons (Fsp3) is 0.818. The number of carbonyl (C=O) groups is 2. The fourth-order valence-corrected chi connectivity index (χ4v) is 1.65. The van der Waals surface area contributed by atoms with Crippen LogP contribution < -0.4 is 0 Å². The van der Waals surface area contributed by atoms with Gasteiger partial charge in [0.2, 0.25) is 6.41 Å². The number of likely N-dealkylation sites (tertiary alicyclic amines) is 1. The molecule has 1 fully saturated rings. The summed E-state index contributed by atoms with van der Waals surface area (Å²) in [6, 6.07) is 0.116. The molecule has 0 aromatic rings. The van der Waals surface area contributed by atoms with Crippen molar-refractivity contribution in [3.8, 4) is 0 Å². The second kappa shape index (κ2) is 4.72. The van der Waals surface area contributed by atoms with Gasteiger partial charge in [0, 0.05) is 20.1 Å². The Morgan fingerprint density at radius 2 is 2.12 bits per heavy atom. The van der Waals surface area contributed by atoms with Crippen LogP contribution in [0.2, 0.25) is 0 Å². The summed E-state index contributed by atoms with van der Waals surface area (Å²) in [4.78, 5) is 25.6. The summed E-state index contributed by atoms with van der Waals surface area (Å²) in [6.45, 7) is 6.74. The Morgan fingerprint density at radius 1 is 1.50 bits per heavy atom. The predicted octanol–water partition coefficient (Wildman–Crippen LogP) is 1.08. The van der Waals surface area contributed by atoms with Crippen molar-refractivity contribution in [1.29, 1.82) is 0 Å². The number of carbonyl (C=O) groups excluding carboxylic acids is 2. The zero-order valence-corrected chi connectivity index (χ0v) is 10.4. The highest BCUT2D eigenvalue weighted by Gasteiger charge is 2.31. The quantitative estimate of drug-likeness (QED) is 0.665. The SMILES string of the molecule is CN(C=O)C1CCN(C(=O)OC(C)(C)C)C1. The Hall–Kier alpha value is -1.26. The van der Waals surface area contributed by atoms with E-state index in [9.17, 15) is 9.59 Å². The highest BCUT2D eigenvalue weighted by atomic mass is 16.6. The van der Waals surface area contributed by atoms with E-state index in [2.05, 4.69) is 0 Å². The van der Waals surface area contributed by atoms with E-state index < -0.39 is 5.60 Å². The third kappa shape index (κ3) is 3.40. The molecule has 1 atom stereocenters. The standard InChI is InChI=1S/C11H20N2O3/c1-11(2,3)16-10(15)13-6-5-9(7-13)12(4)8-14/h8-9H,5-7H2,1-4H3. The average Bonchev–Trinajstić information content (AvgIpc) is 2.62. The molecule has 5 nitrogen and oxygen atoms in total. The molecule has 1 saturated heterocycles. The van der Waals surface area contributed by atoms with Crippen molar-refractivity contribution in [1.82, 2.24) is 9.80 Å². The van der Waals surface area contributed by atoms with E-state index in [-0.39, 0.29) is 12.1 Å². The first-order chi connectivity index (χ1) is 7.33. The number of hydrogen-bond acceptors (Lipinski definition) is 3. The molecule has 5 heteroatoms. The van der Waals surface area contributed by atoms with Crippen LogP contribution in [0.5, 0.6) is 0 Å². The molecule has 1 unspecified atom stereocenters. The Morgan fingerprint density at radius 3 is 2.62 bits per heavy atom. The van der Waals surface area contributed by atoms with Crippen molar-refractivity contribution in [2.45, 2.75) is 38.8 Å². The second-order valence-corrected chi connectivity index (χ2v) is 5.14. The van der Waals surface area contributed by atoms with Crippen molar-refractivity contribution in [2.75, 3.05) is 20.1 Å². The van der Waals surface area contributed by atoms with E-state index in [1.165, 1.54) is 0 Å². The summed E-state index contributed by atoms with van der Waals surface area (Å²) < 4.78 is 5.26. The van der Waals surface area contributed by atoms with Crippen LogP contribution in [0.25, 0.3) is 0 Å². The molecule has 16 heavy (non-hydrogen) atoms. The van der Waals surface area contributed by atoms with E-state index in [1.807, 2.05) is 20.8 Å². The molecular formula is C11H20N2O3. The lowest BCUT2D eigenvalue weighted by Crippen LogP contribution is -2.38. The topological polar surface area (TPSA) is 49.9 Å². The van der Waals surface area contributed by atoms with Crippen LogP contribution in [0.15, 0.2) is 0 Å². The van der Waals surface area contributed by atoms with Crippen LogP contribution >= 0.6 is 0 Å². The van der Waals surface area contributed by atoms with Gasteiger partial charge in [-0.25, -0.2) is 4.79 Å². The molecule has 1 heterocycles. The lowest BCUT2D eigenvalue weighted by Gasteiger charge is -2.25. The van der Waals surface area contributed by atoms with Gasteiger partial charge in [-0.3, -0.25) is 4.79 Å². The Balaban J connectivity index is 2.47. The Kier molecular flexibility index (Phi) is 3.78. The summed E-state index contributed by atoms with van der Waals surface area (Å²) in [5.74, 6) is 0. The molecule has 0 radical (unpaired) electrons. The molecule has 0 aromatic carbocycles. The molecule has 0 bridgehead atoms. The van der Waals surface area contributed by atoms with Crippen LogP contribution in [0.4, 0.5) is 4.79 Å². The summed E-state index contributed by atoms with van der Waals surface area (Å²) >= 11 is 0. The third-order valence-corrected chi connectivity index (χ3v) is 2.56. The van der Waals surface area contributed by atoms with Crippen molar-refractivity contribution >= 4 is 12.5 Å². The van der Waals surface area contributed by atoms with Gasteiger partial charge in [-0.15, -0.1) is 0 Å². The molecule has 0 N–H and O–H groups in total. The van der Waals surface area contributed by atoms with Gasteiger partial charge < -0.3 is 14.5 Å². The van der Waals surface area contributed by atoms with Gasteiger partial charge in [-0.1, -0.05) is 0 Å². The van der Waals surface area contributed by atoms with Crippen LogP contribution in [0, 0.1) is 0 Å². The molecule has 1 aliphatic heterocycles. The van der Waals surface area contributed by atoms with E-state index >= 15 is 0 Å². The van der Waals surface area contributed by atoms with Gasteiger partial charge in [-0.05, 0) is 27.2 Å². The van der Waals surface area contributed by atoms with Gasteiger partial charge in [-0.2, -0.15) is 0 Å². The lowest BCUT2D eigenvalue weighted by atomic mass is 10.2. The number of nitrogens with zero attached hydrogens (tertiary/aromatic N) is 2. The monoisotopic (exact) mass is 228 g/mol. The normalized spacial score (nSPS) is 20.8. The molecular weight excluding hydrogens is 208 g/mol. The van der Waals surface area contributed by atoms with Crippen molar-refractivity contribution < 1.29 is 14.3 Å². The zero-order valence-electron chi connectivity index (χ0n) is 10.4. The lowest BCUT2D eigenvalue weighted by molar-refractivity contribution is -0.118. The minimum Gasteiger partial charge on any atom is -0.444 e. The first kappa shape index (κ1) is 12.8. The second-order valence-electron chi connectivity index (χ2n) is 5.14. The van der Waals surface area contributed by atoms with E-state index in [4.69, 9.17) is 4.74 Å². The Bertz CT molecular complexity index is 273. The zero-order chi connectivity index (χ0) is 12.3. The van der Waals surface area contributed by atoms with Crippen LogP contribution in [0.3, 0.4) is 0 Å².